The van der Waals surface area contributed by atoms with Gasteiger partial charge >= 0.3 is 24.0 Å². The molecule has 1 saturated carbocycles. The molecule has 0 unspecified atom stereocenters. The number of halogens is 4. The van der Waals surface area contributed by atoms with E-state index in [4.69, 9.17) is 16.3 Å². The topological polar surface area (TPSA) is 188 Å². The van der Waals surface area contributed by atoms with Crippen molar-refractivity contribution in [2.45, 2.75) is 38.4 Å². The summed E-state index contributed by atoms with van der Waals surface area (Å²) in [5.74, 6) is -2.15. The molecule has 2 aromatic heterocycles. The Hall–Kier alpha value is -5.45. The minimum atomic E-state index is -4.61. The predicted octanol–water partition coefficient (Wildman–Crippen LogP) is 4.54. The summed E-state index contributed by atoms with van der Waals surface area (Å²) in [4.78, 5) is 49.4. The largest absolute Gasteiger partial charge is 0.454 e. The van der Waals surface area contributed by atoms with Crippen LogP contribution in [0.2, 0.25) is 5.02 Å². The standard InChI is InChI=1S/C31H32ClF3N10O4/c1-29(2,16-37-24(47)25(48)40-22-13-38-39-14-22)15-36-23(46)18-3-9-21(10-4-18)41-26-42-27(44-28(43-26)49-17-31(33,34)35)45-30(11-12-30)19-5-7-20(32)8-6-19/h3-10,13-14H,11-12,15-17H2,1-2H3,(H,36,46)(H,37,47)(H,38,39)(H,40,48)(H2,41,42,43,44,45). The first-order chi connectivity index (χ1) is 23.2. The molecule has 4 aromatic rings. The lowest BCUT2D eigenvalue weighted by molar-refractivity contribution is -0.154. The van der Waals surface area contributed by atoms with E-state index in [-0.39, 0.29) is 25.0 Å². The van der Waals surface area contributed by atoms with Crippen molar-refractivity contribution in [2.75, 3.05) is 35.6 Å². The molecule has 1 aliphatic rings. The molecule has 0 bridgehead atoms. The third kappa shape index (κ3) is 10.0. The second kappa shape index (κ2) is 14.3. The van der Waals surface area contributed by atoms with Crippen molar-refractivity contribution in [3.05, 3.63) is 77.1 Å². The Balaban J connectivity index is 1.19. The van der Waals surface area contributed by atoms with Crippen LogP contribution in [0.15, 0.2) is 60.9 Å². The van der Waals surface area contributed by atoms with Crippen LogP contribution < -0.4 is 31.3 Å². The number of carbonyl (C=O) groups excluding carboxylic acids is 3. The van der Waals surface area contributed by atoms with Crippen LogP contribution in [-0.4, -0.2) is 68.7 Å². The molecule has 0 radical (unpaired) electrons. The summed E-state index contributed by atoms with van der Waals surface area (Å²) in [7, 11) is 0. The smallest absolute Gasteiger partial charge is 0.422 e. The number of ether oxygens (including phenoxy) is 1. The van der Waals surface area contributed by atoms with Crippen molar-refractivity contribution in [1.82, 2.24) is 35.8 Å². The normalized spacial score (nSPS) is 13.6. The highest BCUT2D eigenvalue weighted by molar-refractivity contribution is 6.39. The van der Waals surface area contributed by atoms with E-state index in [9.17, 15) is 27.6 Å². The number of anilines is 4. The van der Waals surface area contributed by atoms with Gasteiger partial charge in [-0.05, 0) is 60.2 Å². The lowest BCUT2D eigenvalue weighted by Crippen LogP contribution is -2.44. The van der Waals surface area contributed by atoms with Gasteiger partial charge in [-0.15, -0.1) is 0 Å². The molecule has 2 aromatic carbocycles. The average Bonchev–Trinajstić information content (AvgIpc) is 3.64. The maximum absolute atomic E-state index is 12.9. The Bertz CT molecular complexity index is 1780. The summed E-state index contributed by atoms with van der Waals surface area (Å²) in [6, 6.07) is 12.9. The van der Waals surface area contributed by atoms with Gasteiger partial charge < -0.3 is 31.3 Å². The van der Waals surface area contributed by atoms with E-state index in [1.54, 1.807) is 38.1 Å². The number of H-pyrrole nitrogens is 1. The van der Waals surface area contributed by atoms with Crippen molar-refractivity contribution in [2.24, 2.45) is 5.41 Å². The molecule has 49 heavy (non-hydrogen) atoms. The van der Waals surface area contributed by atoms with Crippen molar-refractivity contribution in [3.63, 3.8) is 0 Å². The van der Waals surface area contributed by atoms with Crippen LogP contribution in [0.1, 0.15) is 42.6 Å². The zero-order valence-corrected chi connectivity index (χ0v) is 27.0. The molecular formula is C31H32ClF3N10O4. The summed E-state index contributed by atoms with van der Waals surface area (Å²) >= 11 is 6.02. The van der Waals surface area contributed by atoms with Crippen LogP contribution in [-0.2, 0) is 15.1 Å². The van der Waals surface area contributed by atoms with Gasteiger partial charge in [0.05, 0.1) is 17.4 Å². The molecule has 14 nitrogen and oxygen atoms in total. The highest BCUT2D eigenvalue weighted by atomic mass is 35.5. The second-order valence-corrected chi connectivity index (χ2v) is 12.5. The van der Waals surface area contributed by atoms with E-state index in [1.807, 2.05) is 12.1 Å². The van der Waals surface area contributed by atoms with Crippen LogP contribution in [0.5, 0.6) is 6.01 Å². The van der Waals surface area contributed by atoms with Crippen LogP contribution in [0.3, 0.4) is 0 Å². The molecule has 6 N–H and O–H groups in total. The van der Waals surface area contributed by atoms with E-state index in [2.05, 4.69) is 51.7 Å². The number of alkyl halides is 3. The van der Waals surface area contributed by atoms with Crippen molar-refractivity contribution in [1.29, 1.82) is 0 Å². The van der Waals surface area contributed by atoms with Gasteiger partial charge in [0.1, 0.15) is 0 Å². The second-order valence-electron chi connectivity index (χ2n) is 12.1. The molecule has 1 fully saturated rings. The van der Waals surface area contributed by atoms with E-state index >= 15 is 0 Å². The average molecular weight is 701 g/mol. The van der Waals surface area contributed by atoms with E-state index in [0.29, 0.717) is 22.0 Å². The van der Waals surface area contributed by atoms with Gasteiger partial charge in [0.25, 0.3) is 5.91 Å². The van der Waals surface area contributed by atoms with Gasteiger partial charge in [-0.3, -0.25) is 19.5 Å². The van der Waals surface area contributed by atoms with E-state index in [0.717, 1.165) is 18.4 Å². The monoisotopic (exact) mass is 700 g/mol. The molecule has 18 heteroatoms. The van der Waals surface area contributed by atoms with E-state index in [1.165, 1.54) is 24.5 Å². The Morgan fingerprint density at radius 3 is 2.20 bits per heavy atom. The maximum atomic E-state index is 12.9. The summed E-state index contributed by atoms with van der Waals surface area (Å²) in [5, 5.41) is 20.6. The first-order valence-corrected chi connectivity index (χ1v) is 15.3. The first kappa shape index (κ1) is 34.9. The van der Waals surface area contributed by atoms with Gasteiger partial charge in [0.2, 0.25) is 11.9 Å². The molecule has 3 amide bonds. The van der Waals surface area contributed by atoms with Crippen molar-refractivity contribution in [3.8, 4) is 6.01 Å². The number of aromatic amines is 1. The zero-order chi connectivity index (χ0) is 35.2. The summed E-state index contributed by atoms with van der Waals surface area (Å²) in [6.45, 7) is 2.30. The number of amides is 3. The quantitative estimate of drug-likeness (QED) is 0.108. The SMILES string of the molecule is CC(C)(CNC(=O)C(=O)Nc1cn[nH]c1)CNC(=O)c1ccc(Nc2nc(NC3(c4ccc(Cl)cc4)CC3)nc(OCC(F)(F)F)n2)cc1. The molecule has 0 aliphatic heterocycles. The molecule has 2 heterocycles. The minimum Gasteiger partial charge on any atom is -0.454 e. The number of benzene rings is 2. The Morgan fingerprint density at radius 2 is 1.57 bits per heavy atom. The zero-order valence-electron chi connectivity index (χ0n) is 26.2. The lowest BCUT2D eigenvalue weighted by Gasteiger charge is -2.25. The number of nitrogens with zero attached hydrogens (tertiary/aromatic N) is 4. The summed E-state index contributed by atoms with van der Waals surface area (Å²) < 4.78 is 43.5. The molecule has 1 aliphatic carbocycles. The number of rotatable bonds is 13. The Kier molecular flexibility index (Phi) is 10.2. The number of hydrogen-bond donors (Lipinski definition) is 6. The van der Waals surface area contributed by atoms with Gasteiger partial charge in [-0.25, -0.2) is 0 Å². The van der Waals surface area contributed by atoms with Crippen LogP contribution in [0, 0.1) is 5.41 Å². The minimum absolute atomic E-state index is 0.00974. The number of hydrogen-bond acceptors (Lipinski definition) is 10. The summed E-state index contributed by atoms with van der Waals surface area (Å²) in [5.41, 5.74) is 0.891. The lowest BCUT2D eigenvalue weighted by atomic mass is 9.93. The van der Waals surface area contributed by atoms with Gasteiger partial charge in [0, 0.05) is 35.6 Å². The molecule has 5 rings (SSSR count). The third-order valence-electron chi connectivity index (χ3n) is 7.30. The highest BCUT2D eigenvalue weighted by Gasteiger charge is 2.45. The predicted molar refractivity (Wildman–Crippen MR) is 173 cm³/mol. The van der Waals surface area contributed by atoms with Gasteiger partial charge in [0.15, 0.2) is 6.61 Å². The molecular weight excluding hydrogens is 669 g/mol. The Labute approximate surface area is 283 Å². The summed E-state index contributed by atoms with van der Waals surface area (Å²) in [6.07, 6.45) is -0.349. The number of aromatic nitrogens is 5. The van der Waals surface area contributed by atoms with Crippen molar-refractivity contribution >= 4 is 52.6 Å². The van der Waals surface area contributed by atoms with Crippen LogP contribution in [0.4, 0.5) is 36.4 Å². The maximum Gasteiger partial charge on any atom is 0.422 e. The van der Waals surface area contributed by atoms with Crippen molar-refractivity contribution < 1.29 is 32.3 Å². The highest BCUT2D eigenvalue weighted by Crippen LogP contribution is 2.48. The van der Waals surface area contributed by atoms with Crippen LogP contribution >= 0.6 is 11.6 Å². The fourth-order valence-corrected chi connectivity index (χ4v) is 4.62. The fraction of sp³-hybridized carbons (Fsp3) is 0.323. The molecule has 258 valence electrons. The molecule has 0 spiro atoms. The Morgan fingerprint density at radius 1 is 0.898 bits per heavy atom. The first-order valence-electron chi connectivity index (χ1n) is 14.9. The van der Waals surface area contributed by atoms with Gasteiger partial charge in [-0.1, -0.05) is 37.6 Å². The third-order valence-corrected chi connectivity index (χ3v) is 7.55. The van der Waals surface area contributed by atoms with E-state index < -0.39 is 47.5 Å². The number of carbonyl (C=O) groups is 3. The molecule has 0 saturated heterocycles. The van der Waals surface area contributed by atoms with Crippen LogP contribution in [0.25, 0.3) is 0 Å². The van der Waals surface area contributed by atoms with Gasteiger partial charge in [-0.2, -0.15) is 33.2 Å². The fourth-order valence-electron chi connectivity index (χ4n) is 4.50. The number of nitrogens with one attached hydrogen (secondary N) is 6. The molecule has 0 atom stereocenters.